The van der Waals surface area contributed by atoms with Crippen LogP contribution in [0.4, 0.5) is 5.69 Å². The van der Waals surface area contributed by atoms with Gasteiger partial charge in [0.05, 0.1) is 11.1 Å². The van der Waals surface area contributed by atoms with Crippen LogP contribution in [0.3, 0.4) is 0 Å². The molecule has 0 radical (unpaired) electrons. The van der Waals surface area contributed by atoms with Gasteiger partial charge in [0, 0.05) is 16.6 Å². The molecule has 1 N–H and O–H groups in total. The second-order valence-corrected chi connectivity index (χ2v) is 6.31. The van der Waals surface area contributed by atoms with Gasteiger partial charge in [-0.25, -0.2) is 0 Å². The maximum atomic E-state index is 13.2. The Morgan fingerprint density at radius 1 is 0.889 bits per heavy atom. The Labute approximate surface area is 157 Å². The normalized spacial score (nSPS) is 10.7. The van der Waals surface area contributed by atoms with Crippen LogP contribution in [-0.2, 0) is 6.42 Å². The van der Waals surface area contributed by atoms with Crippen LogP contribution in [-0.4, -0.2) is 16.1 Å². The molecule has 4 nitrogen and oxygen atoms in total. The third-order valence-corrected chi connectivity index (χ3v) is 4.54. The summed E-state index contributed by atoms with van der Waals surface area (Å²) in [5.41, 5.74) is 4.63. The van der Waals surface area contributed by atoms with Gasteiger partial charge in [-0.05, 0) is 30.2 Å². The van der Waals surface area contributed by atoms with Crippen molar-refractivity contribution in [3.8, 4) is 11.3 Å². The number of fused-ring (bicyclic) bond motifs is 1. The number of hydrogen-bond acceptors (Lipinski definition) is 3. The molecule has 0 aliphatic rings. The van der Waals surface area contributed by atoms with Crippen molar-refractivity contribution in [2.24, 2.45) is 0 Å². The summed E-state index contributed by atoms with van der Waals surface area (Å²) in [5.74, 6) is -0.187. The first-order valence-corrected chi connectivity index (χ1v) is 8.97. The first-order valence-electron chi connectivity index (χ1n) is 8.97. The number of rotatable bonds is 4. The molecule has 0 atom stereocenters. The number of anilines is 1. The van der Waals surface area contributed by atoms with E-state index < -0.39 is 0 Å². The predicted molar refractivity (Wildman–Crippen MR) is 109 cm³/mol. The van der Waals surface area contributed by atoms with Gasteiger partial charge in [0.2, 0.25) is 0 Å². The number of carbonyl (C=O) groups is 1. The molecule has 4 aromatic rings. The van der Waals surface area contributed by atoms with Gasteiger partial charge in [-0.15, -0.1) is 10.2 Å². The summed E-state index contributed by atoms with van der Waals surface area (Å²) < 4.78 is 0. The van der Waals surface area contributed by atoms with Crippen molar-refractivity contribution >= 4 is 22.5 Å². The van der Waals surface area contributed by atoms with Crippen LogP contribution in [0.5, 0.6) is 0 Å². The Hall–Kier alpha value is -3.53. The Morgan fingerprint density at radius 3 is 2.48 bits per heavy atom. The standard InChI is InChI=1S/C23H19N3O/c1-2-16-9-8-12-18(15-16)24-23(27)21-19-13-6-7-14-20(19)25-26-22(21)17-10-4-3-5-11-17/h3-15H,2H2,1H3,(H,24,27). The van der Waals surface area contributed by atoms with E-state index in [4.69, 9.17) is 0 Å². The number of nitrogens with one attached hydrogen (secondary N) is 1. The van der Waals surface area contributed by atoms with Crippen LogP contribution in [0.2, 0.25) is 0 Å². The first-order chi connectivity index (χ1) is 13.3. The summed E-state index contributed by atoms with van der Waals surface area (Å²) in [6, 6.07) is 25.2. The number of amides is 1. The van der Waals surface area contributed by atoms with Gasteiger partial charge in [-0.3, -0.25) is 4.79 Å². The molecule has 1 amide bonds. The van der Waals surface area contributed by atoms with Crippen LogP contribution in [0.15, 0.2) is 78.9 Å². The minimum absolute atomic E-state index is 0.187. The van der Waals surface area contributed by atoms with Crippen molar-refractivity contribution in [3.63, 3.8) is 0 Å². The minimum atomic E-state index is -0.187. The average molecular weight is 353 g/mol. The van der Waals surface area contributed by atoms with Crippen LogP contribution in [0.1, 0.15) is 22.8 Å². The molecule has 0 fully saturated rings. The number of benzene rings is 3. The molecule has 132 valence electrons. The first kappa shape index (κ1) is 16.9. The van der Waals surface area contributed by atoms with Crippen molar-refractivity contribution < 1.29 is 4.79 Å². The molecular formula is C23H19N3O. The number of aromatic nitrogens is 2. The largest absolute Gasteiger partial charge is 0.322 e. The molecule has 0 unspecified atom stereocenters. The van der Waals surface area contributed by atoms with Crippen LogP contribution in [0, 0.1) is 0 Å². The molecule has 0 saturated carbocycles. The van der Waals surface area contributed by atoms with E-state index in [0.29, 0.717) is 16.8 Å². The van der Waals surface area contributed by atoms with Crippen LogP contribution in [0.25, 0.3) is 22.2 Å². The number of aryl methyl sites for hydroxylation is 1. The number of hydrogen-bond donors (Lipinski definition) is 1. The van der Waals surface area contributed by atoms with Gasteiger partial charge in [0.1, 0.15) is 5.69 Å². The lowest BCUT2D eigenvalue weighted by Crippen LogP contribution is -2.15. The molecule has 0 aliphatic carbocycles. The maximum absolute atomic E-state index is 13.2. The SMILES string of the molecule is CCc1cccc(NC(=O)c2c(-c3ccccc3)nnc3ccccc23)c1. The highest BCUT2D eigenvalue weighted by molar-refractivity contribution is 6.15. The molecule has 0 saturated heterocycles. The maximum Gasteiger partial charge on any atom is 0.258 e. The zero-order chi connectivity index (χ0) is 18.6. The highest BCUT2D eigenvalue weighted by Gasteiger charge is 2.19. The Bertz CT molecular complexity index is 1110. The molecule has 0 spiro atoms. The van der Waals surface area contributed by atoms with E-state index in [1.807, 2.05) is 72.8 Å². The second kappa shape index (κ2) is 7.38. The highest BCUT2D eigenvalue weighted by Crippen LogP contribution is 2.27. The van der Waals surface area contributed by atoms with E-state index in [2.05, 4.69) is 28.5 Å². The van der Waals surface area contributed by atoms with Gasteiger partial charge < -0.3 is 5.32 Å². The van der Waals surface area contributed by atoms with E-state index in [0.717, 1.165) is 23.1 Å². The van der Waals surface area contributed by atoms with Crippen molar-refractivity contribution in [1.82, 2.24) is 10.2 Å². The average Bonchev–Trinajstić information content (AvgIpc) is 2.73. The topological polar surface area (TPSA) is 54.9 Å². The molecule has 1 aromatic heterocycles. The van der Waals surface area contributed by atoms with E-state index in [9.17, 15) is 4.79 Å². The van der Waals surface area contributed by atoms with Gasteiger partial charge >= 0.3 is 0 Å². The summed E-state index contributed by atoms with van der Waals surface area (Å²) in [6.45, 7) is 2.09. The van der Waals surface area contributed by atoms with Crippen molar-refractivity contribution in [3.05, 3.63) is 90.0 Å². The quantitative estimate of drug-likeness (QED) is 0.554. The molecule has 1 heterocycles. The van der Waals surface area contributed by atoms with E-state index in [1.54, 1.807) is 0 Å². The van der Waals surface area contributed by atoms with Crippen molar-refractivity contribution in [1.29, 1.82) is 0 Å². The fourth-order valence-electron chi connectivity index (χ4n) is 3.14. The fourth-order valence-corrected chi connectivity index (χ4v) is 3.14. The lowest BCUT2D eigenvalue weighted by molar-refractivity contribution is 0.102. The summed E-state index contributed by atoms with van der Waals surface area (Å²) >= 11 is 0. The predicted octanol–water partition coefficient (Wildman–Crippen LogP) is 5.11. The summed E-state index contributed by atoms with van der Waals surface area (Å²) in [4.78, 5) is 13.2. The minimum Gasteiger partial charge on any atom is -0.322 e. The molecule has 27 heavy (non-hydrogen) atoms. The second-order valence-electron chi connectivity index (χ2n) is 6.31. The van der Waals surface area contributed by atoms with Crippen LogP contribution >= 0.6 is 0 Å². The van der Waals surface area contributed by atoms with E-state index >= 15 is 0 Å². The molecule has 0 aliphatic heterocycles. The van der Waals surface area contributed by atoms with E-state index in [-0.39, 0.29) is 5.91 Å². The van der Waals surface area contributed by atoms with Gasteiger partial charge in [0.15, 0.2) is 0 Å². The van der Waals surface area contributed by atoms with Crippen molar-refractivity contribution in [2.45, 2.75) is 13.3 Å². The molecule has 4 rings (SSSR count). The summed E-state index contributed by atoms with van der Waals surface area (Å²) in [6.07, 6.45) is 0.915. The molecule has 0 bridgehead atoms. The monoisotopic (exact) mass is 353 g/mol. The summed E-state index contributed by atoms with van der Waals surface area (Å²) in [5, 5.41) is 12.5. The Morgan fingerprint density at radius 2 is 1.67 bits per heavy atom. The fraction of sp³-hybridized carbons (Fsp3) is 0.0870. The number of nitrogens with zero attached hydrogens (tertiary/aromatic N) is 2. The smallest absolute Gasteiger partial charge is 0.258 e. The Kier molecular flexibility index (Phi) is 4.62. The highest BCUT2D eigenvalue weighted by atomic mass is 16.1. The third-order valence-electron chi connectivity index (χ3n) is 4.54. The van der Waals surface area contributed by atoms with Gasteiger partial charge in [-0.1, -0.05) is 67.6 Å². The zero-order valence-corrected chi connectivity index (χ0v) is 15.0. The zero-order valence-electron chi connectivity index (χ0n) is 15.0. The molecule has 3 aromatic carbocycles. The molecule has 4 heteroatoms. The van der Waals surface area contributed by atoms with E-state index in [1.165, 1.54) is 5.56 Å². The lowest BCUT2D eigenvalue weighted by atomic mass is 10.0. The Balaban J connectivity index is 1.84. The van der Waals surface area contributed by atoms with Gasteiger partial charge in [-0.2, -0.15) is 0 Å². The van der Waals surface area contributed by atoms with Crippen molar-refractivity contribution in [2.75, 3.05) is 5.32 Å². The summed E-state index contributed by atoms with van der Waals surface area (Å²) in [7, 11) is 0. The van der Waals surface area contributed by atoms with Crippen LogP contribution < -0.4 is 5.32 Å². The third kappa shape index (κ3) is 3.42. The number of carbonyl (C=O) groups excluding carboxylic acids is 1. The lowest BCUT2D eigenvalue weighted by Gasteiger charge is -2.12. The van der Waals surface area contributed by atoms with Gasteiger partial charge in [0.25, 0.3) is 5.91 Å². The molecular weight excluding hydrogens is 334 g/mol.